The highest BCUT2D eigenvalue weighted by atomic mass is 16.5. The maximum Gasteiger partial charge on any atom is 0.0523 e. The Morgan fingerprint density at radius 2 is 1.96 bits per heavy atom. The van der Waals surface area contributed by atoms with E-state index in [-0.39, 0.29) is 0 Å². The molecule has 0 N–H and O–H groups in total. The lowest BCUT2D eigenvalue weighted by molar-refractivity contribution is 0.00697. The number of rotatable bonds is 4. The lowest BCUT2D eigenvalue weighted by Crippen LogP contribution is -2.55. The van der Waals surface area contributed by atoms with Crippen molar-refractivity contribution in [1.29, 1.82) is 0 Å². The molecule has 3 fully saturated rings. The average molecular weight is 329 g/mol. The van der Waals surface area contributed by atoms with Crippen LogP contribution in [-0.2, 0) is 11.3 Å². The molecule has 2 heterocycles. The highest BCUT2D eigenvalue weighted by molar-refractivity contribution is 5.15. The minimum absolute atomic E-state index is 0.464. The van der Waals surface area contributed by atoms with Crippen LogP contribution in [0.25, 0.3) is 0 Å². The van der Waals surface area contributed by atoms with Crippen LogP contribution < -0.4 is 0 Å². The van der Waals surface area contributed by atoms with Crippen molar-refractivity contribution >= 4 is 0 Å². The first kappa shape index (κ1) is 16.6. The van der Waals surface area contributed by atoms with E-state index in [2.05, 4.69) is 47.2 Å². The van der Waals surface area contributed by atoms with Crippen LogP contribution in [0.4, 0.5) is 0 Å². The summed E-state index contributed by atoms with van der Waals surface area (Å²) in [6.07, 6.45) is 8.09. The monoisotopic (exact) mass is 328 g/mol. The fraction of sp³-hybridized carbons (Fsp3) is 0.714. The van der Waals surface area contributed by atoms with Gasteiger partial charge in [0.25, 0.3) is 0 Å². The van der Waals surface area contributed by atoms with Gasteiger partial charge in [-0.1, -0.05) is 30.3 Å². The molecule has 1 aliphatic carbocycles. The first-order valence-electron chi connectivity index (χ1n) is 9.82. The molecule has 1 spiro atoms. The van der Waals surface area contributed by atoms with Crippen molar-refractivity contribution in [3.63, 3.8) is 0 Å². The fourth-order valence-electron chi connectivity index (χ4n) is 5.27. The van der Waals surface area contributed by atoms with E-state index in [9.17, 15) is 0 Å². The van der Waals surface area contributed by atoms with Gasteiger partial charge >= 0.3 is 0 Å². The van der Waals surface area contributed by atoms with Gasteiger partial charge < -0.3 is 4.74 Å². The molecule has 0 bridgehead atoms. The molecule has 0 radical (unpaired) electrons. The molecule has 0 amide bonds. The zero-order chi connectivity index (χ0) is 16.4. The van der Waals surface area contributed by atoms with E-state index in [0.29, 0.717) is 11.5 Å². The molecule has 3 nitrogen and oxygen atoms in total. The van der Waals surface area contributed by atoms with Gasteiger partial charge in [0.2, 0.25) is 0 Å². The summed E-state index contributed by atoms with van der Waals surface area (Å²) in [7, 11) is 2.34. The van der Waals surface area contributed by atoms with Gasteiger partial charge in [-0.15, -0.1) is 0 Å². The predicted molar refractivity (Wildman–Crippen MR) is 98.0 cm³/mol. The first-order valence-corrected chi connectivity index (χ1v) is 9.82. The molecule has 1 aromatic rings. The Kier molecular flexibility index (Phi) is 4.93. The van der Waals surface area contributed by atoms with E-state index in [1.165, 1.54) is 57.2 Å². The molecule has 4 rings (SSSR count). The van der Waals surface area contributed by atoms with Crippen LogP contribution in [0.15, 0.2) is 30.3 Å². The number of hydrogen-bond donors (Lipinski definition) is 0. The Labute approximate surface area is 147 Å². The summed E-state index contributed by atoms with van der Waals surface area (Å²) >= 11 is 0. The molecule has 2 saturated heterocycles. The Hall–Kier alpha value is -0.900. The quantitative estimate of drug-likeness (QED) is 0.841. The Morgan fingerprint density at radius 1 is 1.17 bits per heavy atom. The van der Waals surface area contributed by atoms with E-state index in [1.54, 1.807) is 0 Å². The van der Waals surface area contributed by atoms with Gasteiger partial charge in [0.1, 0.15) is 0 Å². The normalized spacial score (nSPS) is 34.4. The molecule has 24 heavy (non-hydrogen) atoms. The third-order valence-corrected chi connectivity index (χ3v) is 6.69. The van der Waals surface area contributed by atoms with Crippen LogP contribution in [0.2, 0.25) is 0 Å². The number of ether oxygens (including phenoxy) is 1. The molecular formula is C21H32N2O. The van der Waals surface area contributed by atoms with Crippen LogP contribution in [0.5, 0.6) is 0 Å². The molecule has 132 valence electrons. The van der Waals surface area contributed by atoms with Gasteiger partial charge in [0.15, 0.2) is 0 Å². The van der Waals surface area contributed by atoms with Gasteiger partial charge in [0.05, 0.1) is 6.61 Å². The lowest BCUT2D eigenvalue weighted by Gasteiger charge is -2.48. The van der Waals surface area contributed by atoms with E-state index < -0.39 is 0 Å². The number of nitrogens with zero attached hydrogens (tertiary/aromatic N) is 2. The summed E-state index contributed by atoms with van der Waals surface area (Å²) in [6, 6.07) is 12.4. The molecule has 3 aliphatic rings. The second-order valence-electron chi connectivity index (χ2n) is 8.32. The summed E-state index contributed by atoms with van der Waals surface area (Å²) in [5, 5.41) is 0. The van der Waals surface area contributed by atoms with Crippen molar-refractivity contribution < 1.29 is 4.74 Å². The van der Waals surface area contributed by atoms with Crippen LogP contribution in [0.3, 0.4) is 0 Å². The van der Waals surface area contributed by atoms with Crippen molar-refractivity contribution in [2.45, 2.75) is 57.2 Å². The van der Waals surface area contributed by atoms with E-state index in [0.717, 1.165) is 25.8 Å². The second-order valence-corrected chi connectivity index (χ2v) is 8.32. The van der Waals surface area contributed by atoms with E-state index in [4.69, 9.17) is 4.74 Å². The van der Waals surface area contributed by atoms with Crippen LogP contribution >= 0.6 is 0 Å². The van der Waals surface area contributed by atoms with Gasteiger partial charge in [-0.2, -0.15) is 0 Å². The summed E-state index contributed by atoms with van der Waals surface area (Å²) in [6.45, 7) is 5.65. The molecule has 1 saturated carbocycles. The van der Waals surface area contributed by atoms with Gasteiger partial charge in [0, 0.05) is 25.2 Å². The van der Waals surface area contributed by atoms with Crippen LogP contribution in [0, 0.1) is 5.41 Å². The minimum atomic E-state index is 0.464. The number of likely N-dealkylation sites (tertiary alicyclic amines) is 1. The molecule has 2 aliphatic heterocycles. The van der Waals surface area contributed by atoms with Crippen molar-refractivity contribution in [2.24, 2.45) is 5.41 Å². The highest BCUT2D eigenvalue weighted by Crippen LogP contribution is 2.45. The van der Waals surface area contributed by atoms with Gasteiger partial charge in [-0.25, -0.2) is 0 Å². The number of benzene rings is 1. The van der Waals surface area contributed by atoms with Crippen molar-refractivity contribution in [3.05, 3.63) is 35.9 Å². The number of likely N-dealkylation sites (N-methyl/N-ethyl adjacent to an activating group) is 1. The molecule has 0 aromatic heterocycles. The third-order valence-electron chi connectivity index (χ3n) is 6.69. The second kappa shape index (κ2) is 7.15. The standard InChI is InChI=1S/C21H32N2O/c1-22(16-18-7-3-2-4-8-18)20-15-21(11-14-24-17-21)10-9-19(20)23-12-5-6-13-23/h2-4,7-8,19-20H,5-6,9-17H2,1H3/t19?,20-,21-/m0/s1. The van der Waals surface area contributed by atoms with Gasteiger partial charge in [-0.3, -0.25) is 9.80 Å². The average Bonchev–Trinajstić information content (AvgIpc) is 3.28. The topological polar surface area (TPSA) is 15.7 Å². The molecule has 1 aromatic carbocycles. The summed E-state index contributed by atoms with van der Waals surface area (Å²) in [5.41, 5.74) is 1.90. The Morgan fingerprint density at radius 3 is 2.67 bits per heavy atom. The number of hydrogen-bond acceptors (Lipinski definition) is 3. The maximum absolute atomic E-state index is 5.81. The highest BCUT2D eigenvalue weighted by Gasteiger charge is 2.46. The smallest absolute Gasteiger partial charge is 0.0523 e. The van der Waals surface area contributed by atoms with Gasteiger partial charge in [-0.05, 0) is 69.6 Å². The van der Waals surface area contributed by atoms with E-state index >= 15 is 0 Å². The summed E-state index contributed by atoms with van der Waals surface area (Å²) in [4.78, 5) is 5.42. The van der Waals surface area contributed by atoms with Crippen LogP contribution in [-0.4, -0.2) is 55.2 Å². The SMILES string of the molecule is CN(Cc1ccccc1)[C@H]1C[C@@]2(CCOC2)CCC1N1CCCC1. The van der Waals surface area contributed by atoms with Crippen molar-refractivity contribution in [2.75, 3.05) is 33.4 Å². The minimum Gasteiger partial charge on any atom is -0.381 e. The zero-order valence-electron chi connectivity index (χ0n) is 15.1. The molecule has 3 heteroatoms. The molecule has 1 unspecified atom stereocenters. The van der Waals surface area contributed by atoms with Crippen molar-refractivity contribution in [3.8, 4) is 0 Å². The Balaban J connectivity index is 1.51. The largest absolute Gasteiger partial charge is 0.381 e. The summed E-state index contributed by atoms with van der Waals surface area (Å²) < 4.78 is 5.81. The zero-order valence-corrected chi connectivity index (χ0v) is 15.1. The summed E-state index contributed by atoms with van der Waals surface area (Å²) in [5.74, 6) is 0. The molecule has 3 atom stereocenters. The fourth-order valence-corrected chi connectivity index (χ4v) is 5.27. The molecular weight excluding hydrogens is 296 g/mol. The lowest BCUT2D eigenvalue weighted by atomic mass is 9.69. The van der Waals surface area contributed by atoms with Crippen LogP contribution in [0.1, 0.15) is 44.1 Å². The maximum atomic E-state index is 5.81. The predicted octanol–water partition coefficient (Wildman–Crippen LogP) is 3.54. The third kappa shape index (κ3) is 3.40. The van der Waals surface area contributed by atoms with E-state index in [1.807, 2.05) is 0 Å². The first-order chi connectivity index (χ1) is 11.8. The van der Waals surface area contributed by atoms with Crippen molar-refractivity contribution in [1.82, 2.24) is 9.80 Å². The Bertz CT molecular complexity index is 520.